The lowest BCUT2D eigenvalue weighted by molar-refractivity contribution is 0.172. The molecule has 122 valence electrons. The number of nitrogens with zero attached hydrogens (tertiary/aromatic N) is 1. The number of amides is 2. The van der Waals surface area contributed by atoms with E-state index in [2.05, 4.69) is 20.8 Å². The van der Waals surface area contributed by atoms with E-state index in [0.717, 1.165) is 36.1 Å². The molecule has 1 aliphatic carbocycles. The van der Waals surface area contributed by atoms with Crippen molar-refractivity contribution in [1.29, 1.82) is 0 Å². The number of hydrogen-bond acceptors (Lipinski definition) is 3. The Morgan fingerprint density at radius 3 is 3.00 bits per heavy atom. The molecule has 2 aromatic rings. The second kappa shape index (κ2) is 6.83. The molecule has 0 saturated carbocycles. The minimum absolute atomic E-state index is 0.0967. The van der Waals surface area contributed by atoms with E-state index in [-0.39, 0.29) is 18.6 Å². The molecule has 0 radical (unpaired) electrons. The van der Waals surface area contributed by atoms with Gasteiger partial charge in [0, 0.05) is 24.7 Å². The van der Waals surface area contributed by atoms with Crippen LogP contribution in [0.15, 0.2) is 30.5 Å². The third kappa shape index (κ3) is 3.90. The monoisotopic (exact) mass is 314 g/mol. The van der Waals surface area contributed by atoms with Crippen molar-refractivity contribution in [2.75, 3.05) is 6.54 Å². The normalized spacial score (nSPS) is 18.1. The highest BCUT2D eigenvalue weighted by molar-refractivity contribution is 5.74. The Hall–Kier alpha value is -2.34. The topological polar surface area (TPSA) is 90.0 Å². The number of carbonyl (C=O) groups excluding carboxylic acids is 1. The molecule has 1 heterocycles. The van der Waals surface area contributed by atoms with Crippen molar-refractivity contribution in [3.63, 3.8) is 0 Å². The van der Waals surface area contributed by atoms with Crippen LogP contribution in [0.1, 0.15) is 34.9 Å². The average molecular weight is 314 g/mol. The minimum atomic E-state index is -0.702. The van der Waals surface area contributed by atoms with Crippen LogP contribution in [0, 0.1) is 6.92 Å². The molecule has 2 amide bonds. The largest absolute Gasteiger partial charge is 0.387 e. The Bertz CT molecular complexity index is 665. The second-order valence-electron chi connectivity index (χ2n) is 6.09. The van der Waals surface area contributed by atoms with Crippen LogP contribution in [0.3, 0.4) is 0 Å². The van der Waals surface area contributed by atoms with Crippen molar-refractivity contribution >= 4 is 6.03 Å². The molecule has 3 rings (SSSR count). The van der Waals surface area contributed by atoms with Gasteiger partial charge in [0.05, 0.1) is 12.3 Å². The van der Waals surface area contributed by atoms with Crippen LogP contribution in [0.25, 0.3) is 0 Å². The fourth-order valence-corrected chi connectivity index (χ4v) is 2.86. The number of aromatic amines is 1. The molecular weight excluding hydrogens is 292 g/mol. The molecule has 2 unspecified atom stereocenters. The highest BCUT2D eigenvalue weighted by Crippen LogP contribution is 2.18. The number of carbonyl (C=O) groups is 1. The van der Waals surface area contributed by atoms with Gasteiger partial charge in [-0.3, -0.25) is 5.10 Å². The number of rotatable bonds is 4. The van der Waals surface area contributed by atoms with Gasteiger partial charge in [-0.15, -0.1) is 0 Å². The van der Waals surface area contributed by atoms with Crippen molar-refractivity contribution in [2.24, 2.45) is 0 Å². The Balaban J connectivity index is 1.45. The number of benzene rings is 1. The smallest absolute Gasteiger partial charge is 0.315 e. The first-order valence-corrected chi connectivity index (χ1v) is 7.92. The summed E-state index contributed by atoms with van der Waals surface area (Å²) in [6, 6.07) is 7.50. The lowest BCUT2D eigenvalue weighted by atomic mass is 9.94. The summed E-state index contributed by atoms with van der Waals surface area (Å²) < 4.78 is 0. The van der Waals surface area contributed by atoms with Crippen LogP contribution in [-0.2, 0) is 12.8 Å². The van der Waals surface area contributed by atoms with Crippen molar-refractivity contribution < 1.29 is 9.90 Å². The predicted octanol–water partition coefficient (Wildman–Crippen LogP) is 1.61. The molecule has 6 heteroatoms. The molecule has 4 N–H and O–H groups in total. The van der Waals surface area contributed by atoms with Gasteiger partial charge in [0.2, 0.25) is 0 Å². The van der Waals surface area contributed by atoms with E-state index < -0.39 is 6.10 Å². The van der Waals surface area contributed by atoms with Crippen LogP contribution in [0.5, 0.6) is 0 Å². The minimum Gasteiger partial charge on any atom is -0.387 e. The van der Waals surface area contributed by atoms with E-state index in [4.69, 9.17) is 0 Å². The molecule has 0 aliphatic heterocycles. The molecule has 0 fully saturated rings. The lowest BCUT2D eigenvalue weighted by Gasteiger charge is -2.23. The summed E-state index contributed by atoms with van der Waals surface area (Å²) in [4.78, 5) is 12.0. The SMILES string of the molecule is Cc1ccc(C(O)CNC(=O)NC2CCc3cn[nH]c3C2)cc1. The predicted molar refractivity (Wildman–Crippen MR) is 87.1 cm³/mol. The summed E-state index contributed by atoms with van der Waals surface area (Å²) >= 11 is 0. The molecule has 6 nitrogen and oxygen atoms in total. The average Bonchev–Trinajstić information content (AvgIpc) is 3.01. The van der Waals surface area contributed by atoms with E-state index in [1.807, 2.05) is 37.4 Å². The first-order valence-electron chi connectivity index (χ1n) is 7.92. The molecule has 1 aromatic carbocycles. The fourth-order valence-electron chi connectivity index (χ4n) is 2.86. The molecule has 1 aliphatic rings. The molecule has 23 heavy (non-hydrogen) atoms. The molecule has 0 spiro atoms. The number of hydrogen-bond donors (Lipinski definition) is 4. The number of nitrogens with one attached hydrogen (secondary N) is 3. The first-order chi connectivity index (χ1) is 11.1. The molecule has 1 aromatic heterocycles. The molecule has 2 atom stereocenters. The first kappa shape index (κ1) is 15.6. The van der Waals surface area contributed by atoms with Crippen LogP contribution >= 0.6 is 0 Å². The molecule has 0 bridgehead atoms. The highest BCUT2D eigenvalue weighted by Gasteiger charge is 2.21. The summed E-state index contributed by atoms with van der Waals surface area (Å²) in [7, 11) is 0. The molecule has 0 saturated heterocycles. The van der Waals surface area contributed by atoms with Gasteiger partial charge in [-0.2, -0.15) is 5.10 Å². The maximum Gasteiger partial charge on any atom is 0.315 e. The maximum absolute atomic E-state index is 12.0. The summed E-state index contributed by atoms with van der Waals surface area (Å²) in [5, 5.41) is 22.8. The van der Waals surface area contributed by atoms with Gasteiger partial charge in [0.25, 0.3) is 0 Å². The second-order valence-corrected chi connectivity index (χ2v) is 6.09. The zero-order chi connectivity index (χ0) is 16.2. The Labute approximate surface area is 135 Å². The Morgan fingerprint density at radius 1 is 1.43 bits per heavy atom. The number of urea groups is 1. The third-order valence-electron chi connectivity index (χ3n) is 4.27. The van der Waals surface area contributed by atoms with Crippen molar-refractivity contribution in [3.05, 3.63) is 52.8 Å². The van der Waals surface area contributed by atoms with E-state index in [9.17, 15) is 9.90 Å². The van der Waals surface area contributed by atoms with E-state index in [1.54, 1.807) is 0 Å². The van der Waals surface area contributed by atoms with Crippen molar-refractivity contribution in [1.82, 2.24) is 20.8 Å². The zero-order valence-electron chi connectivity index (χ0n) is 13.2. The van der Waals surface area contributed by atoms with Gasteiger partial charge in [-0.1, -0.05) is 29.8 Å². The van der Waals surface area contributed by atoms with Crippen LogP contribution in [0.4, 0.5) is 4.79 Å². The van der Waals surface area contributed by atoms with Crippen molar-refractivity contribution in [2.45, 2.75) is 38.3 Å². The van der Waals surface area contributed by atoms with E-state index in [0.29, 0.717) is 0 Å². The summed E-state index contributed by atoms with van der Waals surface area (Å²) in [5.74, 6) is 0. The number of H-pyrrole nitrogens is 1. The lowest BCUT2D eigenvalue weighted by Crippen LogP contribution is -2.45. The number of aryl methyl sites for hydroxylation is 2. The Morgan fingerprint density at radius 2 is 2.22 bits per heavy atom. The van der Waals surface area contributed by atoms with Gasteiger partial charge in [-0.25, -0.2) is 4.79 Å². The van der Waals surface area contributed by atoms with Gasteiger partial charge < -0.3 is 15.7 Å². The van der Waals surface area contributed by atoms with Gasteiger partial charge in [0.1, 0.15) is 0 Å². The van der Waals surface area contributed by atoms with Gasteiger partial charge in [-0.05, 0) is 30.9 Å². The third-order valence-corrected chi connectivity index (χ3v) is 4.27. The van der Waals surface area contributed by atoms with Crippen LogP contribution in [0.2, 0.25) is 0 Å². The van der Waals surface area contributed by atoms with Crippen molar-refractivity contribution in [3.8, 4) is 0 Å². The van der Waals surface area contributed by atoms with E-state index in [1.165, 1.54) is 5.56 Å². The highest BCUT2D eigenvalue weighted by atomic mass is 16.3. The summed E-state index contributed by atoms with van der Waals surface area (Å²) in [6.07, 6.45) is 3.74. The number of aliphatic hydroxyl groups excluding tert-OH is 1. The number of aliphatic hydroxyl groups is 1. The van der Waals surface area contributed by atoms with E-state index >= 15 is 0 Å². The zero-order valence-corrected chi connectivity index (χ0v) is 13.2. The van der Waals surface area contributed by atoms with Gasteiger partial charge >= 0.3 is 6.03 Å². The quantitative estimate of drug-likeness (QED) is 0.691. The van der Waals surface area contributed by atoms with Crippen LogP contribution < -0.4 is 10.6 Å². The Kier molecular flexibility index (Phi) is 4.62. The number of fused-ring (bicyclic) bond motifs is 1. The van der Waals surface area contributed by atoms with Gasteiger partial charge in [0.15, 0.2) is 0 Å². The standard InChI is InChI=1S/C17H22N4O2/c1-11-2-4-12(5-3-11)16(22)10-18-17(23)20-14-7-6-13-9-19-21-15(13)8-14/h2-5,9,14,16,22H,6-8,10H2,1H3,(H,19,21)(H2,18,20,23). The molecular formula is C17H22N4O2. The van der Waals surface area contributed by atoms with Crippen LogP contribution in [-0.4, -0.2) is 33.9 Å². The summed E-state index contributed by atoms with van der Waals surface area (Å²) in [6.45, 7) is 2.19. The number of aromatic nitrogens is 2. The maximum atomic E-state index is 12.0. The fraction of sp³-hybridized carbons (Fsp3) is 0.412. The summed E-state index contributed by atoms with van der Waals surface area (Å²) in [5.41, 5.74) is 4.28.